The lowest BCUT2D eigenvalue weighted by atomic mass is 10.1. The lowest BCUT2D eigenvalue weighted by Gasteiger charge is -2.22. The van der Waals surface area contributed by atoms with Crippen molar-refractivity contribution < 1.29 is 4.39 Å². The molecule has 0 radical (unpaired) electrons. The molecule has 6 heteroatoms. The molecule has 3 aromatic heterocycles. The van der Waals surface area contributed by atoms with Crippen molar-refractivity contribution in [3.63, 3.8) is 0 Å². The summed E-state index contributed by atoms with van der Waals surface area (Å²) in [7, 11) is 0. The fraction of sp³-hybridized carbons (Fsp3) is 0.136. The molecule has 4 nitrogen and oxygen atoms in total. The number of anilines is 2. The summed E-state index contributed by atoms with van der Waals surface area (Å²) >= 11 is 6.11. The van der Waals surface area contributed by atoms with Crippen LogP contribution in [0.5, 0.6) is 0 Å². The molecule has 5 rings (SSSR count). The monoisotopic (exact) mass is 390 g/mol. The fourth-order valence-electron chi connectivity index (χ4n) is 3.82. The smallest absolute Gasteiger partial charge is 0.161 e. The van der Waals surface area contributed by atoms with Gasteiger partial charge in [-0.05, 0) is 48.0 Å². The average Bonchev–Trinajstić information content (AvgIpc) is 3.06. The molecule has 0 N–H and O–H groups in total. The van der Waals surface area contributed by atoms with Crippen molar-refractivity contribution in [3.05, 3.63) is 77.5 Å². The lowest BCUT2D eigenvalue weighted by Crippen LogP contribution is -2.15. The highest BCUT2D eigenvalue weighted by Crippen LogP contribution is 2.43. The van der Waals surface area contributed by atoms with E-state index in [1.54, 1.807) is 18.5 Å². The summed E-state index contributed by atoms with van der Waals surface area (Å²) < 4.78 is 14.5. The number of hydrogen-bond acceptors (Lipinski definition) is 4. The number of benzene rings is 1. The molecule has 4 aromatic rings. The van der Waals surface area contributed by atoms with E-state index in [2.05, 4.69) is 26.8 Å². The van der Waals surface area contributed by atoms with Gasteiger partial charge in [0.1, 0.15) is 5.82 Å². The van der Waals surface area contributed by atoms with E-state index in [4.69, 9.17) is 11.6 Å². The Balaban J connectivity index is 1.77. The van der Waals surface area contributed by atoms with Crippen LogP contribution in [0.3, 0.4) is 0 Å². The molecule has 28 heavy (non-hydrogen) atoms. The molecule has 0 bridgehead atoms. The predicted molar refractivity (Wildman–Crippen MR) is 110 cm³/mol. The molecule has 0 spiro atoms. The Morgan fingerprint density at radius 2 is 2.00 bits per heavy atom. The average molecular weight is 391 g/mol. The molecule has 1 aliphatic rings. The first-order valence-electron chi connectivity index (χ1n) is 9.04. The van der Waals surface area contributed by atoms with Crippen molar-refractivity contribution in [2.75, 3.05) is 11.4 Å². The van der Waals surface area contributed by atoms with Crippen LogP contribution in [0, 0.1) is 5.82 Å². The molecule has 0 saturated carbocycles. The minimum absolute atomic E-state index is 0.343. The standard InChI is InChI=1S/C22H16ClFN4/c1-13-12-28(20-6-8-25-11-17(13)20)21-10-19(16-9-14(23)4-5-18(16)24)27-22-15(21)3-2-7-26-22/h2-11,13H,12H2,1H3. The van der Waals surface area contributed by atoms with Gasteiger partial charge >= 0.3 is 0 Å². The highest BCUT2D eigenvalue weighted by Gasteiger charge is 2.28. The molecule has 138 valence electrons. The topological polar surface area (TPSA) is 41.9 Å². The maximum absolute atomic E-state index is 14.5. The molecule has 0 saturated heterocycles. The summed E-state index contributed by atoms with van der Waals surface area (Å²) in [6.07, 6.45) is 5.41. The zero-order valence-electron chi connectivity index (χ0n) is 15.1. The van der Waals surface area contributed by atoms with Crippen LogP contribution in [0.2, 0.25) is 5.02 Å². The molecule has 1 unspecified atom stereocenters. The number of aromatic nitrogens is 3. The summed E-state index contributed by atoms with van der Waals surface area (Å²) in [5.74, 6) is -0.0209. The van der Waals surface area contributed by atoms with Gasteiger partial charge in [0.25, 0.3) is 0 Å². The van der Waals surface area contributed by atoms with E-state index in [1.165, 1.54) is 17.7 Å². The fourth-order valence-corrected chi connectivity index (χ4v) is 3.99. The van der Waals surface area contributed by atoms with Crippen LogP contribution >= 0.6 is 11.6 Å². The van der Waals surface area contributed by atoms with Gasteiger partial charge in [0.05, 0.1) is 11.4 Å². The number of rotatable bonds is 2. The minimum Gasteiger partial charge on any atom is -0.340 e. The number of fused-ring (bicyclic) bond motifs is 2. The first-order valence-corrected chi connectivity index (χ1v) is 9.42. The van der Waals surface area contributed by atoms with Crippen LogP contribution in [0.15, 0.2) is 61.1 Å². The molecule has 0 amide bonds. The minimum atomic E-state index is -0.363. The number of pyridine rings is 3. The SMILES string of the molecule is CC1CN(c2cc(-c3cc(Cl)ccc3F)nc3ncccc23)c2ccncc21. The molecule has 0 aliphatic carbocycles. The van der Waals surface area contributed by atoms with E-state index in [9.17, 15) is 4.39 Å². The number of halogens is 2. The summed E-state index contributed by atoms with van der Waals surface area (Å²) in [5, 5.41) is 1.39. The maximum Gasteiger partial charge on any atom is 0.161 e. The van der Waals surface area contributed by atoms with E-state index in [-0.39, 0.29) is 5.82 Å². The summed E-state index contributed by atoms with van der Waals surface area (Å²) in [6.45, 7) is 2.99. The van der Waals surface area contributed by atoms with Gasteiger partial charge in [-0.2, -0.15) is 0 Å². The molecule has 4 heterocycles. The third kappa shape index (κ3) is 2.70. The van der Waals surface area contributed by atoms with Crippen molar-refractivity contribution in [3.8, 4) is 11.3 Å². The summed E-state index contributed by atoms with van der Waals surface area (Å²) in [4.78, 5) is 15.5. The van der Waals surface area contributed by atoms with Crippen molar-refractivity contribution in [1.82, 2.24) is 15.0 Å². The second kappa shape index (κ2) is 6.53. The first kappa shape index (κ1) is 17.1. The van der Waals surface area contributed by atoms with Crippen LogP contribution < -0.4 is 4.90 Å². The molecule has 1 aliphatic heterocycles. The Bertz CT molecular complexity index is 1210. The third-order valence-electron chi connectivity index (χ3n) is 5.16. The van der Waals surface area contributed by atoms with Gasteiger partial charge in [-0.1, -0.05) is 18.5 Å². The Hall–Kier alpha value is -3.05. The zero-order chi connectivity index (χ0) is 19.3. The van der Waals surface area contributed by atoms with E-state index >= 15 is 0 Å². The Morgan fingerprint density at radius 3 is 2.89 bits per heavy atom. The van der Waals surface area contributed by atoms with E-state index in [1.807, 2.05) is 30.5 Å². The van der Waals surface area contributed by atoms with E-state index in [0.717, 1.165) is 23.3 Å². The quantitative estimate of drug-likeness (QED) is 0.437. The van der Waals surface area contributed by atoms with Crippen molar-refractivity contribution >= 4 is 34.0 Å². The maximum atomic E-state index is 14.5. The van der Waals surface area contributed by atoms with Gasteiger partial charge in [-0.15, -0.1) is 0 Å². The molecule has 1 atom stereocenters. The second-order valence-electron chi connectivity index (χ2n) is 6.97. The highest BCUT2D eigenvalue weighted by atomic mass is 35.5. The van der Waals surface area contributed by atoms with Crippen LogP contribution in [0.1, 0.15) is 18.4 Å². The van der Waals surface area contributed by atoms with Gasteiger partial charge in [-0.3, -0.25) is 4.98 Å². The largest absolute Gasteiger partial charge is 0.340 e. The molecular formula is C22H16ClFN4. The van der Waals surface area contributed by atoms with Crippen LogP contribution in [0.4, 0.5) is 15.8 Å². The van der Waals surface area contributed by atoms with Crippen LogP contribution in [-0.4, -0.2) is 21.5 Å². The molecular weight excluding hydrogens is 375 g/mol. The molecule has 1 aromatic carbocycles. The third-order valence-corrected chi connectivity index (χ3v) is 5.40. The number of hydrogen-bond donors (Lipinski definition) is 0. The summed E-state index contributed by atoms with van der Waals surface area (Å²) in [6, 6.07) is 12.3. The van der Waals surface area contributed by atoms with Crippen molar-refractivity contribution in [2.24, 2.45) is 0 Å². The van der Waals surface area contributed by atoms with Crippen molar-refractivity contribution in [1.29, 1.82) is 0 Å². The molecule has 0 fully saturated rings. The first-order chi connectivity index (χ1) is 13.6. The van der Waals surface area contributed by atoms with E-state index < -0.39 is 0 Å². The zero-order valence-corrected chi connectivity index (χ0v) is 15.9. The van der Waals surface area contributed by atoms with E-state index in [0.29, 0.717) is 27.8 Å². The Kier molecular flexibility index (Phi) is 3.98. The van der Waals surface area contributed by atoms with Crippen molar-refractivity contribution in [2.45, 2.75) is 12.8 Å². The van der Waals surface area contributed by atoms with Crippen LogP contribution in [0.25, 0.3) is 22.3 Å². The predicted octanol–water partition coefficient (Wildman–Crippen LogP) is 5.74. The second-order valence-corrected chi connectivity index (χ2v) is 7.41. The van der Waals surface area contributed by atoms with Gasteiger partial charge < -0.3 is 4.90 Å². The van der Waals surface area contributed by atoms with Gasteiger partial charge in [0.2, 0.25) is 0 Å². The Morgan fingerprint density at radius 1 is 1.11 bits per heavy atom. The highest BCUT2D eigenvalue weighted by molar-refractivity contribution is 6.30. The normalized spacial score (nSPS) is 15.8. The van der Waals surface area contributed by atoms with Gasteiger partial charge in [0, 0.05) is 52.7 Å². The lowest BCUT2D eigenvalue weighted by molar-refractivity contribution is 0.631. The summed E-state index contributed by atoms with van der Waals surface area (Å²) in [5.41, 5.74) is 4.71. The van der Waals surface area contributed by atoms with Gasteiger partial charge in [0.15, 0.2) is 5.65 Å². The number of nitrogens with zero attached hydrogens (tertiary/aromatic N) is 4. The Labute approximate surface area is 166 Å². The van der Waals surface area contributed by atoms with Crippen LogP contribution in [-0.2, 0) is 0 Å². The van der Waals surface area contributed by atoms with Gasteiger partial charge in [-0.25, -0.2) is 14.4 Å².